The molecule has 0 saturated heterocycles. The third kappa shape index (κ3) is 8.23. The van der Waals surface area contributed by atoms with Crippen molar-refractivity contribution in [3.63, 3.8) is 0 Å². The van der Waals surface area contributed by atoms with E-state index in [-0.39, 0.29) is 28.6 Å². The molecular weight excluding hydrogens is 615 g/mol. The number of sulfonamides is 1. The van der Waals surface area contributed by atoms with Crippen molar-refractivity contribution in [1.82, 2.24) is 10.2 Å². The van der Waals surface area contributed by atoms with Crippen LogP contribution in [0.25, 0.3) is 0 Å². The first-order valence-corrected chi connectivity index (χ1v) is 15.5. The first kappa shape index (κ1) is 34.3. The summed E-state index contributed by atoms with van der Waals surface area (Å²) in [7, 11) is -3.35. The number of hydrogen-bond donors (Lipinski definition) is 1. The van der Waals surface area contributed by atoms with Crippen molar-refractivity contribution in [2.45, 2.75) is 51.1 Å². The van der Waals surface area contributed by atoms with Crippen molar-refractivity contribution >= 4 is 44.8 Å². The van der Waals surface area contributed by atoms with Crippen LogP contribution in [0.4, 0.5) is 15.8 Å². The van der Waals surface area contributed by atoms with Gasteiger partial charge in [0.15, 0.2) is 0 Å². The number of unbranched alkanes of at least 4 members (excludes halogenated alkanes) is 1. The molecule has 3 rings (SSSR count). The smallest absolute Gasteiger partial charge is 0.273 e. The zero-order chi connectivity index (χ0) is 32.6. The molecular formula is C30H34ClFN4O7S. The van der Waals surface area contributed by atoms with Gasteiger partial charge in [-0.15, -0.1) is 0 Å². The van der Waals surface area contributed by atoms with Gasteiger partial charge in [0, 0.05) is 29.7 Å². The summed E-state index contributed by atoms with van der Waals surface area (Å²) in [6, 6.07) is 11.9. The fourth-order valence-corrected chi connectivity index (χ4v) is 5.95. The minimum absolute atomic E-state index is 0.0582. The predicted octanol–water partition coefficient (Wildman–Crippen LogP) is 5.23. The lowest BCUT2D eigenvalue weighted by molar-refractivity contribution is -0.385. The summed E-state index contributed by atoms with van der Waals surface area (Å²) in [4.78, 5) is 38.8. The maximum absolute atomic E-state index is 14.1. The van der Waals surface area contributed by atoms with Gasteiger partial charge in [0.05, 0.1) is 22.6 Å². The van der Waals surface area contributed by atoms with Gasteiger partial charge in [-0.05, 0) is 62.2 Å². The van der Waals surface area contributed by atoms with Crippen LogP contribution in [-0.4, -0.2) is 56.3 Å². The summed E-state index contributed by atoms with van der Waals surface area (Å²) < 4.78 is 48.0. The summed E-state index contributed by atoms with van der Waals surface area (Å²) in [5.41, 5.74) is 0.214. The van der Waals surface area contributed by atoms with Crippen LogP contribution in [-0.2, 0) is 26.2 Å². The molecule has 0 radical (unpaired) electrons. The zero-order valence-corrected chi connectivity index (χ0v) is 26.3. The molecule has 3 aromatic carbocycles. The number of nitro groups is 1. The van der Waals surface area contributed by atoms with Gasteiger partial charge >= 0.3 is 0 Å². The number of aryl methyl sites for hydroxylation is 1. The van der Waals surface area contributed by atoms with Gasteiger partial charge in [-0.25, -0.2) is 12.8 Å². The minimum Gasteiger partial charge on any atom is -0.495 e. The fourth-order valence-electron chi connectivity index (χ4n) is 4.35. The molecule has 0 fully saturated rings. The standard InChI is InChI=1S/C30H34ClFN4O7S/c1-5-6-15-33-30(38)21(3)34(18-22-8-11-24(32)12-9-22)29(37)19-35(27-16-23(31)10-14-28(27)43-4)44(41,42)25-13-7-20(2)26(17-25)36(39)40/h7-14,16-17,21H,5-6,15,18-19H2,1-4H3,(H,33,38)/t21-/m0/s1. The van der Waals surface area contributed by atoms with Crippen LogP contribution < -0.4 is 14.4 Å². The highest BCUT2D eigenvalue weighted by Gasteiger charge is 2.35. The second kappa shape index (κ2) is 15.0. The average Bonchev–Trinajstić information content (AvgIpc) is 2.99. The summed E-state index contributed by atoms with van der Waals surface area (Å²) in [5, 5.41) is 14.5. The van der Waals surface area contributed by atoms with E-state index >= 15 is 0 Å². The van der Waals surface area contributed by atoms with E-state index in [4.69, 9.17) is 16.3 Å². The monoisotopic (exact) mass is 648 g/mol. The number of anilines is 1. The SMILES string of the molecule is CCCCNC(=O)[C@H](C)N(Cc1ccc(F)cc1)C(=O)CN(c1cc(Cl)ccc1OC)S(=O)(=O)c1ccc(C)c([N+](=O)[O-])c1. The fraction of sp³-hybridized carbons (Fsp3) is 0.333. The zero-order valence-electron chi connectivity index (χ0n) is 24.7. The summed E-state index contributed by atoms with van der Waals surface area (Å²) in [6.45, 7) is 4.35. The minimum atomic E-state index is -4.65. The molecule has 44 heavy (non-hydrogen) atoms. The summed E-state index contributed by atoms with van der Waals surface area (Å²) in [5.74, 6) is -1.67. The molecule has 0 bridgehead atoms. The number of carbonyl (C=O) groups excluding carboxylic acids is 2. The molecule has 3 aromatic rings. The number of nitro benzene ring substituents is 1. The van der Waals surface area contributed by atoms with Crippen molar-refractivity contribution in [1.29, 1.82) is 0 Å². The van der Waals surface area contributed by atoms with Crippen LogP contribution >= 0.6 is 11.6 Å². The van der Waals surface area contributed by atoms with Crippen molar-refractivity contribution in [2.24, 2.45) is 0 Å². The van der Waals surface area contributed by atoms with Gasteiger partial charge in [-0.2, -0.15) is 0 Å². The van der Waals surface area contributed by atoms with E-state index in [9.17, 15) is 32.5 Å². The number of ether oxygens (including phenoxy) is 1. The summed E-state index contributed by atoms with van der Waals surface area (Å²) >= 11 is 6.23. The molecule has 14 heteroatoms. The molecule has 0 aliphatic carbocycles. The normalized spacial score (nSPS) is 11.9. The van der Waals surface area contributed by atoms with Crippen LogP contribution in [0, 0.1) is 22.9 Å². The van der Waals surface area contributed by atoms with Crippen molar-refractivity contribution in [3.05, 3.63) is 92.7 Å². The Balaban J connectivity index is 2.13. The molecule has 0 heterocycles. The molecule has 0 unspecified atom stereocenters. The van der Waals surface area contributed by atoms with E-state index in [1.807, 2.05) is 6.92 Å². The van der Waals surface area contributed by atoms with Crippen LogP contribution in [0.1, 0.15) is 37.8 Å². The van der Waals surface area contributed by atoms with Gasteiger partial charge in [-0.3, -0.25) is 24.0 Å². The molecule has 1 atom stereocenters. The Morgan fingerprint density at radius 1 is 1.11 bits per heavy atom. The second-order valence-electron chi connectivity index (χ2n) is 10.0. The quantitative estimate of drug-likeness (QED) is 0.143. The highest BCUT2D eigenvalue weighted by Crippen LogP contribution is 2.36. The number of benzene rings is 3. The summed E-state index contributed by atoms with van der Waals surface area (Å²) in [6.07, 6.45) is 1.55. The highest BCUT2D eigenvalue weighted by molar-refractivity contribution is 7.92. The number of hydrogen-bond acceptors (Lipinski definition) is 7. The molecule has 2 amide bonds. The van der Waals surface area contributed by atoms with Crippen molar-refractivity contribution < 1.29 is 32.1 Å². The van der Waals surface area contributed by atoms with Crippen molar-refractivity contribution in [3.8, 4) is 5.75 Å². The maximum atomic E-state index is 14.1. The Labute approximate surface area is 260 Å². The topological polar surface area (TPSA) is 139 Å². The molecule has 0 aliphatic heterocycles. The number of rotatable bonds is 14. The Bertz CT molecular complexity index is 1620. The lowest BCUT2D eigenvalue weighted by Gasteiger charge is -2.32. The average molecular weight is 649 g/mol. The third-order valence-corrected chi connectivity index (χ3v) is 8.91. The van der Waals surface area contributed by atoms with Crippen molar-refractivity contribution in [2.75, 3.05) is 24.5 Å². The van der Waals surface area contributed by atoms with E-state index in [1.54, 1.807) is 0 Å². The van der Waals surface area contributed by atoms with Gasteiger partial charge in [0.2, 0.25) is 11.8 Å². The van der Waals surface area contributed by atoms with E-state index in [0.717, 1.165) is 16.8 Å². The first-order chi connectivity index (χ1) is 20.8. The van der Waals surface area contributed by atoms with Gasteiger partial charge in [-0.1, -0.05) is 43.1 Å². The number of methoxy groups -OCH3 is 1. The molecule has 0 saturated carbocycles. The Hall–Kier alpha value is -4.23. The van der Waals surface area contributed by atoms with E-state index < -0.39 is 55.7 Å². The van der Waals surface area contributed by atoms with E-state index in [1.165, 1.54) is 80.5 Å². The highest BCUT2D eigenvalue weighted by atomic mass is 35.5. The number of nitrogens with zero attached hydrogens (tertiary/aromatic N) is 3. The predicted molar refractivity (Wildman–Crippen MR) is 165 cm³/mol. The lowest BCUT2D eigenvalue weighted by Crippen LogP contribution is -2.51. The van der Waals surface area contributed by atoms with E-state index in [0.29, 0.717) is 18.5 Å². The number of amides is 2. The molecule has 236 valence electrons. The molecule has 0 aromatic heterocycles. The maximum Gasteiger partial charge on any atom is 0.273 e. The molecule has 1 N–H and O–H groups in total. The third-order valence-electron chi connectivity index (χ3n) is 6.92. The first-order valence-electron chi connectivity index (χ1n) is 13.7. The Morgan fingerprint density at radius 2 is 1.80 bits per heavy atom. The number of halogens is 2. The van der Waals surface area contributed by atoms with Gasteiger partial charge in [0.1, 0.15) is 24.2 Å². The van der Waals surface area contributed by atoms with E-state index in [2.05, 4.69) is 5.32 Å². The molecule has 11 nitrogen and oxygen atoms in total. The van der Waals surface area contributed by atoms with Crippen LogP contribution in [0.15, 0.2) is 65.6 Å². The second-order valence-corrected chi connectivity index (χ2v) is 12.3. The van der Waals surface area contributed by atoms with Gasteiger partial charge < -0.3 is 15.0 Å². The number of carbonyl (C=O) groups is 2. The van der Waals surface area contributed by atoms with Crippen LogP contribution in [0.2, 0.25) is 5.02 Å². The molecule has 0 spiro atoms. The Kier molecular flexibility index (Phi) is 11.7. The lowest BCUT2D eigenvalue weighted by atomic mass is 10.1. The van der Waals surface area contributed by atoms with Crippen LogP contribution in [0.5, 0.6) is 5.75 Å². The largest absolute Gasteiger partial charge is 0.495 e. The van der Waals surface area contributed by atoms with Gasteiger partial charge in [0.25, 0.3) is 15.7 Å². The van der Waals surface area contributed by atoms with Crippen LogP contribution in [0.3, 0.4) is 0 Å². The number of nitrogens with one attached hydrogen (secondary N) is 1. The molecule has 0 aliphatic rings. The Morgan fingerprint density at radius 3 is 2.41 bits per heavy atom.